The summed E-state index contributed by atoms with van der Waals surface area (Å²) in [5.41, 5.74) is 1.23. The molecular weight excluding hydrogens is 288 g/mol. The zero-order valence-electron chi connectivity index (χ0n) is 8.91. The second-order valence-corrected chi connectivity index (χ2v) is 4.04. The van der Waals surface area contributed by atoms with E-state index in [0.717, 1.165) is 10.6 Å². The Kier molecular flexibility index (Phi) is 3.10. The molecule has 1 amide bonds. The SMILES string of the molecule is CN(C(=O)O)c1cnn(-c2cccnc2)c1Br. The smallest absolute Gasteiger partial charge is 0.411 e. The van der Waals surface area contributed by atoms with Gasteiger partial charge in [0.05, 0.1) is 23.8 Å². The summed E-state index contributed by atoms with van der Waals surface area (Å²) >= 11 is 3.32. The van der Waals surface area contributed by atoms with Crippen LogP contribution in [0.15, 0.2) is 35.3 Å². The molecule has 0 aliphatic heterocycles. The zero-order chi connectivity index (χ0) is 12.4. The van der Waals surface area contributed by atoms with Crippen LogP contribution in [0.5, 0.6) is 0 Å². The molecule has 88 valence electrons. The molecular formula is C10H9BrN4O2. The maximum atomic E-state index is 10.9. The topological polar surface area (TPSA) is 71.2 Å². The number of halogens is 1. The number of hydrogen-bond donors (Lipinski definition) is 1. The molecule has 17 heavy (non-hydrogen) atoms. The van der Waals surface area contributed by atoms with Gasteiger partial charge in [0.25, 0.3) is 0 Å². The first-order valence-corrected chi connectivity index (χ1v) is 5.51. The monoisotopic (exact) mass is 296 g/mol. The van der Waals surface area contributed by atoms with Crippen LogP contribution < -0.4 is 4.90 Å². The van der Waals surface area contributed by atoms with Crippen LogP contribution in [-0.2, 0) is 0 Å². The normalized spacial score (nSPS) is 10.2. The van der Waals surface area contributed by atoms with Crippen molar-refractivity contribution < 1.29 is 9.90 Å². The summed E-state index contributed by atoms with van der Waals surface area (Å²) < 4.78 is 2.14. The van der Waals surface area contributed by atoms with Crippen LogP contribution in [0.2, 0.25) is 0 Å². The van der Waals surface area contributed by atoms with Gasteiger partial charge < -0.3 is 5.11 Å². The first-order valence-electron chi connectivity index (χ1n) is 4.72. The number of anilines is 1. The fourth-order valence-corrected chi connectivity index (χ4v) is 1.98. The first-order chi connectivity index (χ1) is 8.11. The Morgan fingerprint density at radius 1 is 1.53 bits per heavy atom. The average Bonchev–Trinajstić information content (AvgIpc) is 2.71. The highest BCUT2D eigenvalue weighted by atomic mass is 79.9. The van der Waals surface area contributed by atoms with Crippen LogP contribution in [0.3, 0.4) is 0 Å². The quantitative estimate of drug-likeness (QED) is 0.922. The lowest BCUT2D eigenvalue weighted by Crippen LogP contribution is -2.23. The molecule has 1 N–H and O–H groups in total. The molecule has 0 spiro atoms. The van der Waals surface area contributed by atoms with E-state index in [-0.39, 0.29) is 0 Å². The van der Waals surface area contributed by atoms with Crippen molar-refractivity contribution in [2.75, 3.05) is 11.9 Å². The van der Waals surface area contributed by atoms with Gasteiger partial charge in [0.1, 0.15) is 4.60 Å². The minimum absolute atomic E-state index is 0.473. The zero-order valence-corrected chi connectivity index (χ0v) is 10.5. The Hall–Kier alpha value is -1.89. The fourth-order valence-electron chi connectivity index (χ4n) is 1.31. The van der Waals surface area contributed by atoms with Gasteiger partial charge in [-0.1, -0.05) is 0 Å². The Morgan fingerprint density at radius 3 is 2.88 bits per heavy atom. The lowest BCUT2D eigenvalue weighted by molar-refractivity contribution is 0.203. The van der Waals surface area contributed by atoms with Gasteiger partial charge in [0.15, 0.2) is 0 Å². The predicted octanol–water partition coefficient (Wildman–Crippen LogP) is 2.14. The van der Waals surface area contributed by atoms with Crippen LogP contribution in [-0.4, -0.2) is 33.0 Å². The van der Waals surface area contributed by atoms with Crippen molar-refractivity contribution in [3.8, 4) is 5.69 Å². The summed E-state index contributed by atoms with van der Waals surface area (Å²) in [5.74, 6) is 0. The number of hydrogen-bond acceptors (Lipinski definition) is 3. The number of aromatic nitrogens is 3. The maximum Gasteiger partial charge on any atom is 0.411 e. The largest absolute Gasteiger partial charge is 0.465 e. The summed E-state index contributed by atoms with van der Waals surface area (Å²) in [6, 6.07) is 3.61. The van der Waals surface area contributed by atoms with E-state index in [1.807, 2.05) is 6.07 Å². The molecule has 2 heterocycles. The van der Waals surface area contributed by atoms with Crippen molar-refractivity contribution in [2.24, 2.45) is 0 Å². The van der Waals surface area contributed by atoms with Crippen LogP contribution in [0.25, 0.3) is 5.69 Å². The molecule has 0 radical (unpaired) electrons. The average molecular weight is 297 g/mol. The standard InChI is InChI=1S/C10H9BrN4O2/c1-14(10(16)17)8-6-13-15(9(8)11)7-3-2-4-12-5-7/h2-6H,1H3,(H,16,17). The van der Waals surface area contributed by atoms with E-state index in [1.54, 1.807) is 23.1 Å². The third-order valence-corrected chi connectivity index (χ3v) is 2.97. The van der Waals surface area contributed by atoms with Gasteiger partial charge in [0.2, 0.25) is 0 Å². The summed E-state index contributed by atoms with van der Waals surface area (Å²) in [4.78, 5) is 15.9. The van der Waals surface area contributed by atoms with Crippen molar-refractivity contribution in [2.45, 2.75) is 0 Å². The van der Waals surface area contributed by atoms with Gasteiger partial charge in [-0.2, -0.15) is 5.10 Å². The molecule has 0 aliphatic rings. The summed E-state index contributed by atoms with van der Waals surface area (Å²) in [7, 11) is 1.46. The second kappa shape index (κ2) is 4.54. The van der Waals surface area contributed by atoms with Crippen LogP contribution in [0.4, 0.5) is 10.5 Å². The third kappa shape index (κ3) is 2.14. The highest BCUT2D eigenvalue weighted by Crippen LogP contribution is 2.27. The molecule has 2 aromatic rings. The van der Waals surface area contributed by atoms with Crippen molar-refractivity contribution in [3.63, 3.8) is 0 Å². The van der Waals surface area contributed by atoms with E-state index in [0.29, 0.717) is 10.3 Å². The van der Waals surface area contributed by atoms with E-state index in [2.05, 4.69) is 26.0 Å². The molecule has 0 saturated heterocycles. The van der Waals surface area contributed by atoms with Gasteiger partial charge in [0, 0.05) is 13.2 Å². The number of nitrogens with zero attached hydrogens (tertiary/aromatic N) is 4. The Labute approximate surface area is 106 Å². The van der Waals surface area contributed by atoms with Gasteiger partial charge >= 0.3 is 6.09 Å². The molecule has 0 bridgehead atoms. The molecule has 0 fully saturated rings. The second-order valence-electron chi connectivity index (χ2n) is 3.29. The van der Waals surface area contributed by atoms with Crippen LogP contribution >= 0.6 is 15.9 Å². The van der Waals surface area contributed by atoms with Crippen LogP contribution in [0.1, 0.15) is 0 Å². The molecule has 2 rings (SSSR count). The van der Waals surface area contributed by atoms with Gasteiger partial charge in [-0.25, -0.2) is 9.48 Å². The maximum absolute atomic E-state index is 10.9. The minimum atomic E-state index is -1.04. The van der Waals surface area contributed by atoms with Gasteiger partial charge in [-0.15, -0.1) is 0 Å². The van der Waals surface area contributed by atoms with E-state index < -0.39 is 6.09 Å². The molecule has 6 nitrogen and oxygen atoms in total. The number of carbonyl (C=O) groups is 1. The summed E-state index contributed by atoms with van der Waals surface area (Å²) in [6.07, 6.45) is 3.73. The minimum Gasteiger partial charge on any atom is -0.465 e. The van der Waals surface area contributed by atoms with E-state index in [4.69, 9.17) is 5.11 Å². The summed E-state index contributed by atoms with van der Waals surface area (Å²) in [6.45, 7) is 0. The summed E-state index contributed by atoms with van der Waals surface area (Å²) in [5, 5.41) is 13.0. The molecule has 0 aromatic carbocycles. The van der Waals surface area contributed by atoms with Crippen LogP contribution in [0, 0.1) is 0 Å². The lowest BCUT2D eigenvalue weighted by atomic mass is 10.4. The third-order valence-electron chi connectivity index (χ3n) is 2.23. The predicted molar refractivity (Wildman–Crippen MR) is 65.5 cm³/mol. The number of rotatable bonds is 2. The number of pyridine rings is 1. The van der Waals surface area contributed by atoms with Gasteiger partial charge in [-0.3, -0.25) is 9.88 Å². The van der Waals surface area contributed by atoms with Crippen molar-refractivity contribution in [1.29, 1.82) is 0 Å². The number of carboxylic acid groups (broad SMARTS) is 1. The van der Waals surface area contributed by atoms with Crippen molar-refractivity contribution in [3.05, 3.63) is 35.3 Å². The molecule has 0 unspecified atom stereocenters. The van der Waals surface area contributed by atoms with E-state index >= 15 is 0 Å². The molecule has 2 aromatic heterocycles. The highest BCUT2D eigenvalue weighted by Gasteiger charge is 2.17. The lowest BCUT2D eigenvalue weighted by Gasteiger charge is -2.11. The van der Waals surface area contributed by atoms with Gasteiger partial charge in [-0.05, 0) is 28.1 Å². The Balaban J connectivity index is 2.43. The number of amides is 1. The Morgan fingerprint density at radius 2 is 2.29 bits per heavy atom. The molecule has 7 heteroatoms. The fraction of sp³-hybridized carbons (Fsp3) is 0.100. The van der Waals surface area contributed by atoms with Crippen molar-refractivity contribution in [1.82, 2.24) is 14.8 Å². The highest BCUT2D eigenvalue weighted by molar-refractivity contribution is 9.10. The molecule has 0 aliphatic carbocycles. The first kappa shape index (κ1) is 11.6. The molecule has 0 saturated carbocycles. The van der Waals surface area contributed by atoms with E-state index in [1.165, 1.54) is 13.2 Å². The van der Waals surface area contributed by atoms with Crippen molar-refractivity contribution >= 4 is 27.7 Å². The van der Waals surface area contributed by atoms with E-state index in [9.17, 15) is 4.79 Å². The Bertz CT molecular complexity index is 540. The molecule has 0 atom stereocenters.